The molecule has 0 bridgehead atoms. The number of nitrogens with zero attached hydrogens (tertiary/aromatic N) is 2. The Balaban J connectivity index is 2.14. The van der Waals surface area contributed by atoms with Crippen molar-refractivity contribution in [2.75, 3.05) is 6.54 Å². The van der Waals surface area contributed by atoms with Crippen LogP contribution in [0.15, 0.2) is 15.8 Å². The highest BCUT2D eigenvalue weighted by molar-refractivity contribution is 5.20. The van der Waals surface area contributed by atoms with Crippen LogP contribution < -0.4 is 16.6 Å². The summed E-state index contributed by atoms with van der Waals surface area (Å²) in [5, 5.41) is 13.7. The maximum atomic E-state index is 11.4. The molecule has 92 valence electrons. The van der Waals surface area contributed by atoms with Crippen molar-refractivity contribution >= 4 is 5.69 Å². The van der Waals surface area contributed by atoms with Gasteiger partial charge in [-0.3, -0.25) is 24.5 Å². The second kappa shape index (κ2) is 4.50. The lowest BCUT2D eigenvalue weighted by molar-refractivity contribution is -0.386. The molecule has 1 aliphatic rings. The van der Waals surface area contributed by atoms with Crippen molar-refractivity contribution in [3.8, 4) is 0 Å². The van der Waals surface area contributed by atoms with Gasteiger partial charge in [-0.15, -0.1) is 0 Å². The largest absolute Gasteiger partial charge is 0.350 e. The van der Waals surface area contributed by atoms with Crippen molar-refractivity contribution in [2.24, 2.45) is 0 Å². The third kappa shape index (κ3) is 2.78. The molecule has 0 saturated heterocycles. The number of hydrogen-bond acceptors (Lipinski definition) is 5. The third-order valence-electron chi connectivity index (χ3n) is 2.55. The Morgan fingerprint density at radius 1 is 1.53 bits per heavy atom. The summed E-state index contributed by atoms with van der Waals surface area (Å²) in [6.45, 7) is 0.848. The Kier molecular flexibility index (Phi) is 3.05. The molecule has 1 saturated carbocycles. The molecule has 17 heavy (non-hydrogen) atoms. The van der Waals surface area contributed by atoms with E-state index < -0.39 is 21.9 Å². The summed E-state index contributed by atoms with van der Waals surface area (Å²) >= 11 is 0. The average Bonchev–Trinajstić information content (AvgIpc) is 3.04. The van der Waals surface area contributed by atoms with E-state index >= 15 is 0 Å². The van der Waals surface area contributed by atoms with E-state index in [4.69, 9.17) is 0 Å². The second-order valence-electron chi connectivity index (χ2n) is 3.95. The van der Waals surface area contributed by atoms with Gasteiger partial charge in [0, 0.05) is 19.1 Å². The van der Waals surface area contributed by atoms with Gasteiger partial charge >= 0.3 is 16.9 Å². The molecule has 1 aromatic heterocycles. The van der Waals surface area contributed by atoms with Gasteiger partial charge in [0.2, 0.25) is 0 Å². The van der Waals surface area contributed by atoms with Crippen LogP contribution in [0.5, 0.6) is 0 Å². The van der Waals surface area contributed by atoms with Gasteiger partial charge in [0.05, 0.1) is 11.1 Å². The number of H-pyrrole nitrogens is 1. The summed E-state index contributed by atoms with van der Waals surface area (Å²) in [7, 11) is 0. The van der Waals surface area contributed by atoms with Gasteiger partial charge in [0.15, 0.2) is 0 Å². The van der Waals surface area contributed by atoms with E-state index in [9.17, 15) is 19.7 Å². The van der Waals surface area contributed by atoms with Crippen LogP contribution in [0.2, 0.25) is 0 Å². The monoisotopic (exact) mass is 240 g/mol. The molecule has 1 heterocycles. The molecule has 2 rings (SSSR count). The fraction of sp³-hybridized carbons (Fsp3) is 0.556. The summed E-state index contributed by atoms with van der Waals surface area (Å²) in [5.74, 6) is 0. The van der Waals surface area contributed by atoms with Crippen molar-refractivity contribution in [1.29, 1.82) is 0 Å². The maximum Gasteiger partial charge on any atom is 0.350 e. The molecule has 0 spiro atoms. The van der Waals surface area contributed by atoms with Gasteiger partial charge < -0.3 is 5.32 Å². The maximum absolute atomic E-state index is 11.4. The minimum Gasteiger partial charge on any atom is -0.312 e. The normalized spacial score (nSPS) is 14.8. The van der Waals surface area contributed by atoms with Crippen LogP contribution >= 0.6 is 0 Å². The zero-order valence-electron chi connectivity index (χ0n) is 9.01. The lowest BCUT2D eigenvalue weighted by Crippen LogP contribution is -2.33. The van der Waals surface area contributed by atoms with Gasteiger partial charge in [-0.2, -0.15) is 0 Å². The van der Waals surface area contributed by atoms with E-state index in [1.807, 2.05) is 4.98 Å². The summed E-state index contributed by atoms with van der Waals surface area (Å²) in [6.07, 6.45) is 3.23. The Morgan fingerprint density at radius 2 is 2.24 bits per heavy atom. The van der Waals surface area contributed by atoms with Gasteiger partial charge in [0.1, 0.15) is 0 Å². The molecule has 0 atom stereocenters. The standard InChI is InChI=1S/C9H12N4O4/c14-8-7(13(16)17)5-12(9(15)11-8)4-3-10-6-1-2-6/h5-6,10H,1-4H2,(H,11,14,15). The molecule has 0 amide bonds. The highest BCUT2D eigenvalue weighted by Crippen LogP contribution is 2.17. The molecule has 1 aliphatic carbocycles. The van der Waals surface area contributed by atoms with E-state index in [1.165, 1.54) is 0 Å². The number of rotatable bonds is 5. The van der Waals surface area contributed by atoms with Crippen LogP contribution in [0.25, 0.3) is 0 Å². The van der Waals surface area contributed by atoms with E-state index in [-0.39, 0.29) is 0 Å². The van der Waals surface area contributed by atoms with E-state index in [0.717, 1.165) is 23.6 Å². The minimum absolute atomic E-state index is 0.299. The van der Waals surface area contributed by atoms with Crippen LogP contribution in [-0.2, 0) is 6.54 Å². The molecule has 0 radical (unpaired) electrons. The molecule has 1 fully saturated rings. The molecule has 0 aliphatic heterocycles. The Bertz CT molecular complexity index is 543. The molecule has 8 nitrogen and oxygen atoms in total. The van der Waals surface area contributed by atoms with Crippen molar-refractivity contribution in [3.05, 3.63) is 37.1 Å². The lowest BCUT2D eigenvalue weighted by Gasteiger charge is -2.05. The van der Waals surface area contributed by atoms with Gasteiger partial charge in [0.25, 0.3) is 0 Å². The quantitative estimate of drug-likeness (QED) is 0.517. The molecule has 2 N–H and O–H groups in total. The lowest BCUT2D eigenvalue weighted by atomic mass is 10.5. The fourth-order valence-electron chi connectivity index (χ4n) is 1.47. The minimum atomic E-state index is -0.966. The summed E-state index contributed by atoms with van der Waals surface area (Å²) in [6, 6.07) is 0.503. The van der Waals surface area contributed by atoms with Crippen molar-refractivity contribution in [2.45, 2.75) is 25.4 Å². The molecule has 0 unspecified atom stereocenters. The van der Waals surface area contributed by atoms with E-state index in [2.05, 4.69) is 5.32 Å². The Morgan fingerprint density at radius 3 is 2.82 bits per heavy atom. The molecular weight excluding hydrogens is 228 g/mol. The topological polar surface area (TPSA) is 110 Å². The van der Waals surface area contributed by atoms with Crippen LogP contribution in [0, 0.1) is 10.1 Å². The zero-order valence-corrected chi connectivity index (χ0v) is 9.01. The molecule has 0 aromatic carbocycles. The number of nitro groups is 1. The summed E-state index contributed by atoms with van der Waals surface area (Å²) in [5.41, 5.74) is -2.21. The first-order valence-electron chi connectivity index (χ1n) is 5.29. The first-order valence-corrected chi connectivity index (χ1v) is 5.29. The molecule has 8 heteroatoms. The Hall–Kier alpha value is -1.96. The van der Waals surface area contributed by atoms with Gasteiger partial charge in [-0.05, 0) is 12.8 Å². The van der Waals surface area contributed by atoms with Crippen LogP contribution in [0.1, 0.15) is 12.8 Å². The van der Waals surface area contributed by atoms with E-state index in [0.29, 0.717) is 19.1 Å². The smallest absolute Gasteiger partial charge is 0.312 e. The number of aromatic amines is 1. The summed E-state index contributed by atoms with van der Waals surface area (Å²) in [4.78, 5) is 34.1. The first-order chi connectivity index (χ1) is 8.08. The van der Waals surface area contributed by atoms with Crippen molar-refractivity contribution in [3.63, 3.8) is 0 Å². The number of nitrogens with one attached hydrogen (secondary N) is 2. The zero-order chi connectivity index (χ0) is 12.4. The number of aromatic nitrogens is 2. The predicted octanol–water partition coefficient (Wildman–Crippen LogP) is -0.803. The Labute approximate surface area is 95.4 Å². The predicted molar refractivity (Wildman–Crippen MR) is 59.0 cm³/mol. The second-order valence-corrected chi connectivity index (χ2v) is 3.95. The highest BCUT2D eigenvalue weighted by Gasteiger charge is 2.20. The molecule has 1 aromatic rings. The molecular formula is C9H12N4O4. The third-order valence-corrected chi connectivity index (χ3v) is 2.55. The highest BCUT2D eigenvalue weighted by atomic mass is 16.6. The van der Waals surface area contributed by atoms with Gasteiger partial charge in [-0.25, -0.2) is 4.79 Å². The average molecular weight is 240 g/mol. The van der Waals surface area contributed by atoms with Crippen molar-refractivity contribution in [1.82, 2.24) is 14.9 Å². The van der Waals surface area contributed by atoms with E-state index in [1.54, 1.807) is 0 Å². The summed E-state index contributed by atoms with van der Waals surface area (Å²) < 4.78 is 1.13. The fourth-order valence-corrected chi connectivity index (χ4v) is 1.47. The van der Waals surface area contributed by atoms with Crippen LogP contribution in [0.3, 0.4) is 0 Å². The van der Waals surface area contributed by atoms with Crippen LogP contribution in [-0.4, -0.2) is 27.1 Å². The van der Waals surface area contributed by atoms with Crippen LogP contribution in [0.4, 0.5) is 5.69 Å². The number of hydrogen-bond donors (Lipinski definition) is 2. The SMILES string of the molecule is O=c1[nH]c(=O)n(CCNC2CC2)cc1[N+](=O)[O-]. The van der Waals surface area contributed by atoms with Gasteiger partial charge in [-0.1, -0.05) is 0 Å². The first kappa shape index (κ1) is 11.5. The van der Waals surface area contributed by atoms with Crippen molar-refractivity contribution < 1.29 is 4.92 Å².